The van der Waals surface area contributed by atoms with Crippen LogP contribution in [0.15, 0.2) is 42.7 Å². The topological polar surface area (TPSA) is 43.1 Å². The van der Waals surface area contributed by atoms with E-state index in [0.29, 0.717) is 0 Å². The SMILES string of the molecule is CCc1ccnc2cc(-c3ccccn3)nn12. The third kappa shape index (κ3) is 1.67. The summed E-state index contributed by atoms with van der Waals surface area (Å²) in [5.41, 5.74) is 3.75. The normalized spacial score (nSPS) is 10.9. The zero-order valence-electron chi connectivity index (χ0n) is 9.54. The number of nitrogens with zero attached hydrogens (tertiary/aromatic N) is 4. The zero-order valence-corrected chi connectivity index (χ0v) is 9.54. The van der Waals surface area contributed by atoms with Crippen LogP contribution in [-0.4, -0.2) is 19.6 Å². The van der Waals surface area contributed by atoms with Gasteiger partial charge in [-0.1, -0.05) is 13.0 Å². The Bertz CT molecular complexity index is 643. The third-order valence-electron chi connectivity index (χ3n) is 2.73. The number of pyridine rings is 1. The van der Waals surface area contributed by atoms with Gasteiger partial charge in [-0.3, -0.25) is 4.98 Å². The summed E-state index contributed by atoms with van der Waals surface area (Å²) in [5, 5.41) is 4.55. The highest BCUT2D eigenvalue weighted by Crippen LogP contribution is 2.16. The maximum atomic E-state index is 4.55. The first kappa shape index (κ1) is 9.96. The van der Waals surface area contributed by atoms with E-state index < -0.39 is 0 Å². The number of aryl methyl sites for hydroxylation is 1. The van der Waals surface area contributed by atoms with Crippen molar-refractivity contribution < 1.29 is 0 Å². The smallest absolute Gasteiger partial charge is 0.155 e. The Morgan fingerprint density at radius 3 is 2.76 bits per heavy atom. The van der Waals surface area contributed by atoms with E-state index in [1.165, 1.54) is 0 Å². The lowest BCUT2D eigenvalue weighted by atomic mass is 10.3. The fraction of sp³-hybridized carbons (Fsp3) is 0.154. The van der Waals surface area contributed by atoms with Gasteiger partial charge in [0, 0.05) is 24.2 Å². The summed E-state index contributed by atoms with van der Waals surface area (Å²) < 4.78 is 1.88. The van der Waals surface area contributed by atoms with Gasteiger partial charge in [0.2, 0.25) is 0 Å². The Morgan fingerprint density at radius 1 is 1.06 bits per heavy atom. The van der Waals surface area contributed by atoms with Crippen LogP contribution in [0.4, 0.5) is 0 Å². The first-order valence-corrected chi connectivity index (χ1v) is 5.63. The molecule has 0 bridgehead atoms. The summed E-state index contributed by atoms with van der Waals surface area (Å²) in [7, 11) is 0. The maximum absolute atomic E-state index is 4.55. The van der Waals surface area contributed by atoms with Crippen molar-refractivity contribution in [3.63, 3.8) is 0 Å². The number of hydrogen-bond donors (Lipinski definition) is 0. The van der Waals surface area contributed by atoms with Gasteiger partial charge >= 0.3 is 0 Å². The molecule has 0 fully saturated rings. The van der Waals surface area contributed by atoms with Crippen molar-refractivity contribution >= 4 is 5.65 Å². The summed E-state index contributed by atoms with van der Waals surface area (Å²) in [6.45, 7) is 2.11. The van der Waals surface area contributed by atoms with Crippen molar-refractivity contribution in [2.75, 3.05) is 0 Å². The van der Waals surface area contributed by atoms with E-state index in [0.717, 1.165) is 29.1 Å². The van der Waals surface area contributed by atoms with Crippen LogP contribution in [0.2, 0.25) is 0 Å². The van der Waals surface area contributed by atoms with Gasteiger partial charge in [-0.05, 0) is 24.6 Å². The van der Waals surface area contributed by atoms with E-state index in [9.17, 15) is 0 Å². The summed E-state index contributed by atoms with van der Waals surface area (Å²) in [6, 6.07) is 9.76. The molecule has 0 spiro atoms. The predicted molar refractivity (Wildman–Crippen MR) is 65.6 cm³/mol. The van der Waals surface area contributed by atoms with Crippen LogP contribution in [-0.2, 0) is 6.42 Å². The summed E-state index contributed by atoms with van der Waals surface area (Å²) >= 11 is 0. The van der Waals surface area contributed by atoms with Crippen molar-refractivity contribution in [1.82, 2.24) is 19.6 Å². The molecule has 3 rings (SSSR count). The summed E-state index contributed by atoms with van der Waals surface area (Å²) in [4.78, 5) is 8.60. The Hall–Kier alpha value is -2.23. The highest BCUT2D eigenvalue weighted by molar-refractivity contribution is 5.60. The highest BCUT2D eigenvalue weighted by Gasteiger charge is 2.07. The quantitative estimate of drug-likeness (QED) is 0.671. The molecule has 0 saturated heterocycles. The standard InChI is InChI=1S/C13H12N4/c1-2-10-6-8-15-13-9-12(16-17(10)13)11-5-3-4-7-14-11/h3-9H,2H2,1H3. The Balaban J connectivity index is 2.20. The molecule has 4 nitrogen and oxygen atoms in total. The van der Waals surface area contributed by atoms with E-state index in [4.69, 9.17) is 0 Å². The van der Waals surface area contributed by atoms with Gasteiger partial charge < -0.3 is 0 Å². The molecule has 0 saturated carbocycles. The predicted octanol–water partition coefficient (Wildman–Crippen LogP) is 2.35. The Morgan fingerprint density at radius 2 is 2.00 bits per heavy atom. The van der Waals surface area contributed by atoms with Crippen molar-refractivity contribution in [3.8, 4) is 11.4 Å². The van der Waals surface area contributed by atoms with E-state index in [-0.39, 0.29) is 0 Å². The van der Waals surface area contributed by atoms with E-state index in [1.54, 1.807) is 6.20 Å². The van der Waals surface area contributed by atoms with Gasteiger partial charge in [0.15, 0.2) is 5.65 Å². The van der Waals surface area contributed by atoms with Gasteiger partial charge in [0.1, 0.15) is 5.69 Å². The minimum Gasteiger partial charge on any atom is -0.255 e. The second kappa shape index (κ2) is 3.97. The summed E-state index contributed by atoms with van der Waals surface area (Å²) in [5.74, 6) is 0. The van der Waals surface area contributed by atoms with Gasteiger partial charge in [-0.25, -0.2) is 9.50 Å². The average molecular weight is 224 g/mol. The van der Waals surface area contributed by atoms with Crippen LogP contribution >= 0.6 is 0 Å². The van der Waals surface area contributed by atoms with Crippen molar-refractivity contribution in [2.24, 2.45) is 0 Å². The monoisotopic (exact) mass is 224 g/mol. The van der Waals surface area contributed by atoms with E-state index in [2.05, 4.69) is 22.0 Å². The second-order valence-corrected chi connectivity index (χ2v) is 3.80. The fourth-order valence-electron chi connectivity index (χ4n) is 1.85. The molecule has 17 heavy (non-hydrogen) atoms. The molecule has 0 amide bonds. The minimum absolute atomic E-state index is 0.860. The lowest BCUT2D eigenvalue weighted by Gasteiger charge is -1.99. The molecule has 0 radical (unpaired) electrons. The van der Waals surface area contributed by atoms with Crippen molar-refractivity contribution in [2.45, 2.75) is 13.3 Å². The molecule has 3 heterocycles. The van der Waals surface area contributed by atoms with Crippen molar-refractivity contribution in [1.29, 1.82) is 0 Å². The zero-order chi connectivity index (χ0) is 11.7. The van der Waals surface area contributed by atoms with E-state index in [1.807, 2.05) is 41.0 Å². The fourth-order valence-corrected chi connectivity index (χ4v) is 1.85. The van der Waals surface area contributed by atoms with Gasteiger partial charge in [-0.15, -0.1) is 0 Å². The van der Waals surface area contributed by atoms with Gasteiger partial charge in [0.25, 0.3) is 0 Å². The number of aromatic nitrogens is 4. The number of fused-ring (bicyclic) bond motifs is 1. The third-order valence-corrected chi connectivity index (χ3v) is 2.73. The summed E-state index contributed by atoms with van der Waals surface area (Å²) in [6.07, 6.45) is 4.52. The molecule has 0 N–H and O–H groups in total. The van der Waals surface area contributed by atoms with Crippen LogP contribution < -0.4 is 0 Å². The molecule has 0 aliphatic heterocycles. The van der Waals surface area contributed by atoms with Crippen LogP contribution in [0.3, 0.4) is 0 Å². The van der Waals surface area contributed by atoms with Gasteiger partial charge in [-0.2, -0.15) is 5.10 Å². The first-order valence-electron chi connectivity index (χ1n) is 5.63. The average Bonchev–Trinajstić information content (AvgIpc) is 2.83. The molecule has 3 aromatic rings. The molecule has 4 heteroatoms. The molecule has 0 aliphatic carbocycles. The second-order valence-electron chi connectivity index (χ2n) is 3.80. The number of hydrogen-bond acceptors (Lipinski definition) is 3. The molecular formula is C13H12N4. The maximum Gasteiger partial charge on any atom is 0.155 e. The molecule has 0 aromatic carbocycles. The Labute approximate surface area is 99.0 Å². The lowest BCUT2D eigenvalue weighted by Crippen LogP contribution is -1.98. The van der Waals surface area contributed by atoms with Crippen LogP contribution in [0.25, 0.3) is 17.0 Å². The van der Waals surface area contributed by atoms with Crippen molar-refractivity contribution in [3.05, 3.63) is 48.4 Å². The van der Waals surface area contributed by atoms with Gasteiger partial charge in [0.05, 0.1) is 5.69 Å². The molecular weight excluding hydrogens is 212 g/mol. The highest BCUT2D eigenvalue weighted by atomic mass is 15.3. The minimum atomic E-state index is 0.860. The van der Waals surface area contributed by atoms with Crippen LogP contribution in [0.1, 0.15) is 12.6 Å². The lowest BCUT2D eigenvalue weighted by molar-refractivity contribution is 0.851. The molecule has 0 atom stereocenters. The molecule has 0 unspecified atom stereocenters. The molecule has 3 aromatic heterocycles. The Kier molecular flexibility index (Phi) is 2.33. The first-order chi connectivity index (χ1) is 8.38. The van der Waals surface area contributed by atoms with E-state index >= 15 is 0 Å². The number of rotatable bonds is 2. The largest absolute Gasteiger partial charge is 0.255 e. The molecule has 84 valence electrons. The van der Waals surface area contributed by atoms with Crippen LogP contribution in [0, 0.1) is 0 Å². The van der Waals surface area contributed by atoms with Crippen LogP contribution in [0.5, 0.6) is 0 Å². The molecule has 0 aliphatic rings.